The number of carbonyl (C=O) groups is 1. The quantitative estimate of drug-likeness (QED) is 0.895. The number of hydrogen-bond acceptors (Lipinski definition) is 3. The highest BCUT2D eigenvalue weighted by Gasteiger charge is 2.30. The molecular weight excluding hydrogens is 252 g/mol. The van der Waals surface area contributed by atoms with E-state index in [9.17, 15) is 4.79 Å². The summed E-state index contributed by atoms with van der Waals surface area (Å²) in [5, 5.41) is 2.97. The van der Waals surface area contributed by atoms with Crippen LogP contribution in [0.4, 0.5) is 4.79 Å². The lowest BCUT2D eigenvalue weighted by Crippen LogP contribution is -2.44. The minimum absolute atomic E-state index is 0.0359. The van der Waals surface area contributed by atoms with E-state index >= 15 is 0 Å². The fraction of sp³-hybridized carbons (Fsp3) is 0.667. The van der Waals surface area contributed by atoms with Gasteiger partial charge in [-0.25, -0.2) is 14.8 Å². The van der Waals surface area contributed by atoms with Crippen LogP contribution in [0.2, 0.25) is 0 Å². The van der Waals surface area contributed by atoms with Gasteiger partial charge in [0.1, 0.15) is 6.33 Å². The summed E-state index contributed by atoms with van der Waals surface area (Å²) in [6, 6.07) is 0.212. The van der Waals surface area contributed by atoms with E-state index in [1.807, 2.05) is 18.7 Å². The zero-order valence-electron chi connectivity index (χ0n) is 12.2. The van der Waals surface area contributed by atoms with Gasteiger partial charge < -0.3 is 10.2 Å². The largest absolute Gasteiger partial charge is 0.336 e. The second kappa shape index (κ2) is 5.38. The van der Waals surface area contributed by atoms with E-state index in [1.54, 1.807) is 6.33 Å². The highest BCUT2D eigenvalue weighted by molar-refractivity contribution is 5.74. The van der Waals surface area contributed by atoms with Crippen molar-refractivity contribution in [2.24, 2.45) is 0 Å². The van der Waals surface area contributed by atoms with Gasteiger partial charge in [0.2, 0.25) is 0 Å². The average Bonchev–Trinajstić information content (AvgIpc) is 3.23. The zero-order chi connectivity index (χ0) is 14.1. The Hall–Kier alpha value is -1.65. The lowest BCUT2D eigenvalue weighted by Gasteiger charge is -2.22. The second-order valence-corrected chi connectivity index (χ2v) is 6.05. The highest BCUT2D eigenvalue weighted by atomic mass is 16.2. The first-order valence-electron chi connectivity index (χ1n) is 7.53. The van der Waals surface area contributed by atoms with Crippen LogP contribution in [0, 0.1) is 0 Å². The Balaban J connectivity index is 1.75. The van der Waals surface area contributed by atoms with Crippen molar-refractivity contribution < 1.29 is 4.79 Å². The third-order valence-electron chi connectivity index (χ3n) is 3.98. The molecule has 1 aromatic rings. The van der Waals surface area contributed by atoms with Gasteiger partial charge in [-0.15, -0.1) is 0 Å². The lowest BCUT2D eigenvalue weighted by molar-refractivity contribution is 0.197. The van der Waals surface area contributed by atoms with Gasteiger partial charge in [-0.3, -0.25) is 0 Å². The molecule has 5 nitrogen and oxygen atoms in total. The van der Waals surface area contributed by atoms with Crippen molar-refractivity contribution in [3.05, 3.63) is 23.3 Å². The molecule has 2 amide bonds. The Bertz CT molecular complexity index is 511. The Morgan fingerprint density at radius 1 is 1.30 bits per heavy atom. The molecule has 0 saturated heterocycles. The Labute approximate surface area is 119 Å². The molecule has 0 aromatic carbocycles. The highest BCUT2D eigenvalue weighted by Crippen LogP contribution is 2.41. The monoisotopic (exact) mass is 274 g/mol. The molecule has 0 spiro atoms. The van der Waals surface area contributed by atoms with Crippen LogP contribution in [0.15, 0.2) is 6.33 Å². The summed E-state index contributed by atoms with van der Waals surface area (Å²) in [7, 11) is 0. The molecule has 108 valence electrons. The smallest absolute Gasteiger partial charge is 0.317 e. The van der Waals surface area contributed by atoms with Gasteiger partial charge in [0.05, 0.1) is 5.69 Å². The zero-order valence-corrected chi connectivity index (χ0v) is 12.2. The van der Waals surface area contributed by atoms with E-state index in [0.717, 1.165) is 31.6 Å². The van der Waals surface area contributed by atoms with Crippen molar-refractivity contribution in [1.29, 1.82) is 0 Å². The first kappa shape index (κ1) is 13.3. The maximum Gasteiger partial charge on any atom is 0.317 e. The molecule has 3 rings (SSSR count). The SMILES string of the molecule is CC(C)NC(=O)N1CCc2ncnc(C3CC3)c2CC1. The molecule has 1 N–H and O–H groups in total. The van der Waals surface area contributed by atoms with E-state index in [0.29, 0.717) is 5.92 Å². The average molecular weight is 274 g/mol. The fourth-order valence-electron chi connectivity index (χ4n) is 2.80. The summed E-state index contributed by atoms with van der Waals surface area (Å²) >= 11 is 0. The predicted molar refractivity (Wildman–Crippen MR) is 76.7 cm³/mol. The number of urea groups is 1. The van der Waals surface area contributed by atoms with Crippen LogP contribution in [0.3, 0.4) is 0 Å². The summed E-state index contributed by atoms with van der Waals surface area (Å²) in [5.74, 6) is 0.641. The molecule has 1 aromatic heterocycles. The Morgan fingerprint density at radius 3 is 2.75 bits per heavy atom. The second-order valence-electron chi connectivity index (χ2n) is 6.05. The first-order chi connectivity index (χ1) is 9.65. The van der Waals surface area contributed by atoms with Crippen LogP contribution in [0.5, 0.6) is 0 Å². The molecule has 1 saturated carbocycles. The molecule has 1 fully saturated rings. The van der Waals surface area contributed by atoms with E-state index in [1.165, 1.54) is 24.1 Å². The van der Waals surface area contributed by atoms with E-state index in [-0.39, 0.29) is 12.1 Å². The minimum Gasteiger partial charge on any atom is -0.336 e. The van der Waals surface area contributed by atoms with Crippen molar-refractivity contribution in [3.63, 3.8) is 0 Å². The molecule has 1 aliphatic carbocycles. The van der Waals surface area contributed by atoms with Crippen molar-refractivity contribution in [1.82, 2.24) is 20.2 Å². The molecule has 2 heterocycles. The number of rotatable bonds is 2. The van der Waals surface area contributed by atoms with Crippen molar-refractivity contribution >= 4 is 6.03 Å². The maximum atomic E-state index is 12.1. The Morgan fingerprint density at radius 2 is 2.05 bits per heavy atom. The summed E-state index contributed by atoms with van der Waals surface area (Å²) < 4.78 is 0. The molecule has 0 bridgehead atoms. The number of nitrogens with one attached hydrogen (secondary N) is 1. The van der Waals surface area contributed by atoms with Gasteiger partial charge in [-0.1, -0.05) is 0 Å². The van der Waals surface area contributed by atoms with Crippen LogP contribution in [-0.4, -0.2) is 40.0 Å². The molecule has 5 heteroatoms. The number of amides is 2. The summed E-state index contributed by atoms with van der Waals surface area (Å²) in [5.41, 5.74) is 3.68. The number of nitrogens with zero attached hydrogens (tertiary/aromatic N) is 3. The number of fused-ring (bicyclic) bond motifs is 1. The molecule has 0 unspecified atom stereocenters. The van der Waals surface area contributed by atoms with Crippen LogP contribution >= 0.6 is 0 Å². The summed E-state index contributed by atoms with van der Waals surface area (Å²) in [6.45, 7) is 5.48. The van der Waals surface area contributed by atoms with Crippen molar-refractivity contribution in [3.8, 4) is 0 Å². The fourth-order valence-corrected chi connectivity index (χ4v) is 2.80. The van der Waals surface area contributed by atoms with Gasteiger partial charge in [0, 0.05) is 37.2 Å². The summed E-state index contributed by atoms with van der Waals surface area (Å²) in [6.07, 6.45) is 5.91. The van der Waals surface area contributed by atoms with Gasteiger partial charge in [-0.05, 0) is 38.7 Å². The van der Waals surface area contributed by atoms with Crippen molar-refractivity contribution in [2.45, 2.75) is 51.5 Å². The normalized spacial score (nSPS) is 18.6. The number of carbonyl (C=O) groups excluding carboxylic acids is 1. The predicted octanol–water partition coefficient (Wildman–Crippen LogP) is 1.87. The lowest BCUT2D eigenvalue weighted by atomic mass is 10.0. The van der Waals surface area contributed by atoms with Crippen LogP contribution in [0.1, 0.15) is 49.6 Å². The van der Waals surface area contributed by atoms with E-state index in [2.05, 4.69) is 15.3 Å². The molecule has 20 heavy (non-hydrogen) atoms. The molecule has 0 radical (unpaired) electrons. The first-order valence-corrected chi connectivity index (χ1v) is 7.53. The maximum absolute atomic E-state index is 12.1. The third kappa shape index (κ3) is 2.76. The minimum atomic E-state index is 0.0359. The van der Waals surface area contributed by atoms with Gasteiger partial charge >= 0.3 is 6.03 Å². The van der Waals surface area contributed by atoms with Gasteiger partial charge in [0.15, 0.2) is 0 Å². The van der Waals surface area contributed by atoms with E-state index in [4.69, 9.17) is 0 Å². The van der Waals surface area contributed by atoms with Crippen LogP contribution < -0.4 is 5.32 Å². The number of hydrogen-bond donors (Lipinski definition) is 1. The molecule has 2 aliphatic rings. The third-order valence-corrected chi connectivity index (χ3v) is 3.98. The van der Waals surface area contributed by atoms with Crippen molar-refractivity contribution in [2.75, 3.05) is 13.1 Å². The standard InChI is InChI=1S/C15H22N4O/c1-10(2)18-15(20)19-7-5-12-13(6-8-19)16-9-17-14(12)11-3-4-11/h9-11H,3-8H2,1-2H3,(H,18,20). The van der Waals surface area contributed by atoms with E-state index < -0.39 is 0 Å². The van der Waals surface area contributed by atoms with Crippen LogP contribution in [-0.2, 0) is 12.8 Å². The van der Waals surface area contributed by atoms with Gasteiger partial charge in [0.25, 0.3) is 0 Å². The topological polar surface area (TPSA) is 58.1 Å². The molecule has 0 atom stereocenters. The number of aromatic nitrogens is 2. The molecule has 1 aliphatic heterocycles. The Kier molecular flexibility index (Phi) is 3.59. The summed E-state index contributed by atoms with van der Waals surface area (Å²) in [4.78, 5) is 22.9. The molecular formula is C15H22N4O. The van der Waals surface area contributed by atoms with Gasteiger partial charge in [-0.2, -0.15) is 0 Å². The van der Waals surface area contributed by atoms with Crippen LogP contribution in [0.25, 0.3) is 0 Å².